The summed E-state index contributed by atoms with van der Waals surface area (Å²) in [6.07, 6.45) is 1.06. The Labute approximate surface area is 73.4 Å². The number of nitrogens with one attached hydrogen (secondary N) is 1. The van der Waals surface area contributed by atoms with Crippen molar-refractivity contribution in [2.45, 2.75) is 13.3 Å². The van der Waals surface area contributed by atoms with E-state index in [9.17, 15) is 0 Å². The molecule has 0 radical (unpaired) electrons. The molecule has 0 aromatic rings. The van der Waals surface area contributed by atoms with Gasteiger partial charge in [-0.2, -0.15) is 0 Å². The molecule has 0 aliphatic rings. The van der Waals surface area contributed by atoms with Crippen LogP contribution in [-0.2, 0) is 0 Å². The van der Waals surface area contributed by atoms with Crippen LogP contribution in [0.25, 0.3) is 0 Å². The highest BCUT2D eigenvalue weighted by Crippen LogP contribution is 1.83. The van der Waals surface area contributed by atoms with Crippen LogP contribution in [0.4, 0.5) is 0 Å². The van der Waals surface area contributed by atoms with Crippen molar-refractivity contribution in [2.75, 3.05) is 26.7 Å². The number of rotatable bonds is 4. The monoisotopic (exact) mass is 176 g/mol. The fourth-order valence-corrected chi connectivity index (χ4v) is 0.812. The van der Waals surface area contributed by atoms with Gasteiger partial charge in [-0.3, -0.25) is 0 Å². The zero-order valence-electron chi connectivity index (χ0n) is 7.13. The van der Waals surface area contributed by atoms with Crippen LogP contribution in [0.1, 0.15) is 13.3 Å². The molecule has 0 saturated carbocycles. The first-order valence-corrected chi connectivity index (χ1v) is 4.23. The molecular weight excluding hydrogens is 160 g/mol. The van der Waals surface area contributed by atoms with Crippen molar-refractivity contribution in [3.8, 4) is 0 Å². The van der Waals surface area contributed by atoms with Crippen LogP contribution in [0.3, 0.4) is 0 Å². The molecule has 0 spiro atoms. The van der Waals surface area contributed by atoms with Crippen LogP contribution in [0.5, 0.6) is 0 Å². The number of aliphatic hydroxyl groups excluding tert-OH is 1. The largest absolute Gasteiger partial charge is 0.395 e. The Balaban J connectivity index is 3.47. The average Bonchev–Trinajstić information content (AvgIpc) is 2.00. The third-order valence-electron chi connectivity index (χ3n) is 1.31. The lowest BCUT2D eigenvalue weighted by atomic mass is 10.5. The van der Waals surface area contributed by atoms with E-state index in [4.69, 9.17) is 17.3 Å². The van der Waals surface area contributed by atoms with Crippen LogP contribution in [0, 0.1) is 0 Å². The normalized spacial score (nSPS) is 9.36. The van der Waals surface area contributed by atoms with E-state index >= 15 is 0 Å². The van der Waals surface area contributed by atoms with Gasteiger partial charge in [-0.1, -0.05) is 6.92 Å². The summed E-state index contributed by atoms with van der Waals surface area (Å²) < 4.78 is 0. The highest BCUT2D eigenvalue weighted by molar-refractivity contribution is 7.80. The van der Waals surface area contributed by atoms with Gasteiger partial charge < -0.3 is 15.3 Å². The molecule has 0 aliphatic carbocycles. The Morgan fingerprint density at radius 2 is 2.27 bits per heavy atom. The summed E-state index contributed by atoms with van der Waals surface area (Å²) in [4.78, 5) is 1.82. The SMILES string of the molecule is CCCNC(=S)N(C)CCO. The summed E-state index contributed by atoms with van der Waals surface area (Å²) in [6, 6.07) is 0. The number of thiocarbonyl (C=S) groups is 1. The van der Waals surface area contributed by atoms with Crippen molar-refractivity contribution in [2.24, 2.45) is 0 Å². The van der Waals surface area contributed by atoms with Gasteiger partial charge in [0, 0.05) is 20.1 Å². The predicted molar refractivity (Wildman–Crippen MR) is 50.6 cm³/mol. The van der Waals surface area contributed by atoms with Gasteiger partial charge in [0.2, 0.25) is 0 Å². The van der Waals surface area contributed by atoms with Crippen molar-refractivity contribution in [1.82, 2.24) is 10.2 Å². The third-order valence-corrected chi connectivity index (χ3v) is 1.76. The minimum absolute atomic E-state index is 0.143. The lowest BCUT2D eigenvalue weighted by Gasteiger charge is -2.19. The maximum atomic E-state index is 8.58. The van der Waals surface area contributed by atoms with E-state index in [1.54, 1.807) is 0 Å². The van der Waals surface area contributed by atoms with E-state index in [2.05, 4.69) is 12.2 Å². The van der Waals surface area contributed by atoms with Crippen molar-refractivity contribution in [1.29, 1.82) is 0 Å². The molecule has 66 valence electrons. The second-order valence-corrected chi connectivity index (χ2v) is 2.76. The molecule has 0 bridgehead atoms. The molecule has 0 aliphatic heterocycles. The van der Waals surface area contributed by atoms with Crippen LogP contribution >= 0.6 is 12.2 Å². The highest BCUT2D eigenvalue weighted by atomic mass is 32.1. The standard InChI is InChI=1S/C7H16N2OS/c1-3-4-8-7(11)9(2)5-6-10/h10H,3-6H2,1-2H3,(H,8,11). The van der Waals surface area contributed by atoms with E-state index in [1.807, 2.05) is 11.9 Å². The van der Waals surface area contributed by atoms with Crippen LogP contribution in [0.15, 0.2) is 0 Å². The number of hydrogen-bond donors (Lipinski definition) is 2. The summed E-state index contributed by atoms with van der Waals surface area (Å²) >= 11 is 5.01. The van der Waals surface area contributed by atoms with Crippen molar-refractivity contribution in [3.05, 3.63) is 0 Å². The van der Waals surface area contributed by atoms with Gasteiger partial charge in [0.15, 0.2) is 5.11 Å². The number of aliphatic hydroxyl groups is 1. The van der Waals surface area contributed by atoms with Gasteiger partial charge in [0.25, 0.3) is 0 Å². The summed E-state index contributed by atoms with van der Waals surface area (Å²) in [5.41, 5.74) is 0. The van der Waals surface area contributed by atoms with Gasteiger partial charge >= 0.3 is 0 Å². The zero-order valence-corrected chi connectivity index (χ0v) is 7.95. The van der Waals surface area contributed by atoms with E-state index < -0.39 is 0 Å². The van der Waals surface area contributed by atoms with Gasteiger partial charge in [-0.05, 0) is 18.6 Å². The zero-order chi connectivity index (χ0) is 8.69. The molecule has 0 unspecified atom stereocenters. The van der Waals surface area contributed by atoms with Gasteiger partial charge in [-0.25, -0.2) is 0 Å². The maximum absolute atomic E-state index is 8.58. The predicted octanol–water partition coefficient (Wildman–Crippen LogP) is 0.195. The molecule has 0 aromatic carbocycles. The van der Waals surface area contributed by atoms with E-state index in [0.717, 1.165) is 13.0 Å². The average molecular weight is 176 g/mol. The second-order valence-electron chi connectivity index (χ2n) is 2.38. The Morgan fingerprint density at radius 1 is 1.64 bits per heavy atom. The molecule has 0 fully saturated rings. The lowest BCUT2D eigenvalue weighted by Crippen LogP contribution is -2.38. The quantitative estimate of drug-likeness (QED) is 0.600. The molecule has 0 amide bonds. The highest BCUT2D eigenvalue weighted by Gasteiger charge is 1.99. The van der Waals surface area contributed by atoms with E-state index in [-0.39, 0.29) is 6.61 Å². The van der Waals surface area contributed by atoms with Gasteiger partial charge in [-0.15, -0.1) is 0 Å². The first-order valence-electron chi connectivity index (χ1n) is 3.82. The fraction of sp³-hybridized carbons (Fsp3) is 0.857. The fourth-order valence-electron chi connectivity index (χ4n) is 0.618. The van der Waals surface area contributed by atoms with Crippen LogP contribution < -0.4 is 5.32 Å². The Hall–Kier alpha value is -0.350. The Morgan fingerprint density at radius 3 is 2.73 bits per heavy atom. The number of hydrogen-bond acceptors (Lipinski definition) is 2. The second kappa shape index (κ2) is 6.37. The molecule has 3 nitrogen and oxygen atoms in total. The molecule has 0 heterocycles. The topological polar surface area (TPSA) is 35.5 Å². The van der Waals surface area contributed by atoms with Crippen molar-refractivity contribution < 1.29 is 5.11 Å². The van der Waals surface area contributed by atoms with E-state index in [0.29, 0.717) is 11.7 Å². The van der Waals surface area contributed by atoms with E-state index in [1.165, 1.54) is 0 Å². The number of likely N-dealkylation sites (N-methyl/N-ethyl adjacent to an activating group) is 1. The minimum atomic E-state index is 0.143. The lowest BCUT2D eigenvalue weighted by molar-refractivity contribution is 0.263. The number of nitrogens with zero attached hydrogens (tertiary/aromatic N) is 1. The summed E-state index contributed by atoms with van der Waals surface area (Å²) in [7, 11) is 1.86. The summed E-state index contributed by atoms with van der Waals surface area (Å²) in [5.74, 6) is 0. The summed E-state index contributed by atoms with van der Waals surface area (Å²) in [6.45, 7) is 3.72. The first-order chi connectivity index (χ1) is 5.22. The molecule has 0 rings (SSSR count). The molecule has 4 heteroatoms. The molecular formula is C7H16N2OS. The molecule has 2 N–H and O–H groups in total. The minimum Gasteiger partial charge on any atom is -0.395 e. The van der Waals surface area contributed by atoms with Crippen molar-refractivity contribution in [3.63, 3.8) is 0 Å². The van der Waals surface area contributed by atoms with Gasteiger partial charge in [0.05, 0.1) is 6.61 Å². The van der Waals surface area contributed by atoms with Gasteiger partial charge in [0.1, 0.15) is 0 Å². The molecule has 0 saturated heterocycles. The first kappa shape index (κ1) is 10.7. The summed E-state index contributed by atoms with van der Waals surface area (Å²) in [5, 5.41) is 12.4. The molecule has 0 atom stereocenters. The third kappa shape index (κ3) is 4.98. The molecule has 11 heavy (non-hydrogen) atoms. The van der Waals surface area contributed by atoms with Crippen molar-refractivity contribution >= 4 is 17.3 Å². The van der Waals surface area contributed by atoms with Crippen LogP contribution in [0.2, 0.25) is 0 Å². The van der Waals surface area contributed by atoms with Crippen LogP contribution in [-0.4, -0.2) is 41.9 Å². The Bertz CT molecular complexity index is 119. The maximum Gasteiger partial charge on any atom is 0.168 e. The smallest absolute Gasteiger partial charge is 0.168 e. The Kier molecular flexibility index (Phi) is 6.16. The molecule has 0 aromatic heterocycles.